The molecule has 154 valence electrons. The van der Waals surface area contributed by atoms with Crippen molar-refractivity contribution in [1.29, 1.82) is 0 Å². The zero-order chi connectivity index (χ0) is 20.6. The Morgan fingerprint density at radius 1 is 1.18 bits per heavy atom. The molecule has 3 N–H and O–H groups in total. The predicted molar refractivity (Wildman–Crippen MR) is 115 cm³/mol. The van der Waals surface area contributed by atoms with Crippen molar-refractivity contribution in [3.8, 4) is 5.75 Å². The molecular weight excluding hydrogens is 420 g/mol. The molecule has 0 bridgehead atoms. The largest absolute Gasteiger partial charge is 0.496 e. The number of nitrogens with zero attached hydrogens (tertiary/aromatic N) is 1. The van der Waals surface area contributed by atoms with Crippen LogP contribution in [0.25, 0.3) is 0 Å². The highest BCUT2D eigenvalue weighted by atomic mass is 35.5. The minimum Gasteiger partial charge on any atom is -0.496 e. The highest BCUT2D eigenvalue weighted by molar-refractivity contribution is 7.91. The number of aryl methyl sites for hydroxylation is 1. The summed E-state index contributed by atoms with van der Waals surface area (Å²) in [5.41, 5.74) is 2.30. The van der Waals surface area contributed by atoms with Crippen LogP contribution in [0.3, 0.4) is 0 Å². The van der Waals surface area contributed by atoms with Crippen LogP contribution in [0.4, 0.5) is 0 Å². The summed E-state index contributed by atoms with van der Waals surface area (Å²) in [5, 5.41) is 6.30. The maximum Gasteiger partial charge on any atom is 0.250 e. The van der Waals surface area contributed by atoms with Crippen LogP contribution in [0.15, 0.2) is 39.5 Å². The average molecular weight is 445 g/mol. The molecule has 1 aromatic heterocycles. The SMILES string of the molecule is CN=C(NCCNS(=O)(=O)c1ccc(Cl)s1)NCCc1cc(C)ccc1OC. The summed E-state index contributed by atoms with van der Waals surface area (Å²) in [4.78, 5) is 4.15. The number of hydrogen-bond donors (Lipinski definition) is 3. The van der Waals surface area contributed by atoms with Gasteiger partial charge in [-0.2, -0.15) is 0 Å². The van der Waals surface area contributed by atoms with Gasteiger partial charge in [0.05, 0.1) is 11.4 Å². The summed E-state index contributed by atoms with van der Waals surface area (Å²) < 4.78 is 32.8. The smallest absolute Gasteiger partial charge is 0.250 e. The van der Waals surface area contributed by atoms with E-state index in [0.717, 1.165) is 29.1 Å². The van der Waals surface area contributed by atoms with Crippen LogP contribution >= 0.6 is 22.9 Å². The molecule has 28 heavy (non-hydrogen) atoms. The number of benzene rings is 1. The Balaban J connectivity index is 1.75. The third-order valence-corrected chi connectivity index (χ3v) is 7.05. The first-order valence-corrected chi connectivity index (χ1v) is 11.4. The molecular formula is C18H25ClN4O3S2. The lowest BCUT2D eigenvalue weighted by molar-refractivity contribution is 0.409. The molecule has 2 aromatic rings. The van der Waals surface area contributed by atoms with Gasteiger partial charge < -0.3 is 15.4 Å². The quantitative estimate of drug-likeness (QED) is 0.314. The van der Waals surface area contributed by atoms with E-state index in [1.807, 2.05) is 19.1 Å². The number of ether oxygens (including phenoxy) is 1. The van der Waals surface area contributed by atoms with Crippen molar-refractivity contribution in [2.24, 2.45) is 4.99 Å². The fourth-order valence-electron chi connectivity index (χ4n) is 2.52. The number of nitrogens with one attached hydrogen (secondary N) is 3. The van der Waals surface area contributed by atoms with E-state index in [4.69, 9.17) is 16.3 Å². The minimum absolute atomic E-state index is 0.201. The number of halogens is 1. The monoisotopic (exact) mass is 444 g/mol. The van der Waals surface area contributed by atoms with Crippen LogP contribution in [0.1, 0.15) is 11.1 Å². The predicted octanol–water partition coefficient (Wildman–Crippen LogP) is 2.40. The van der Waals surface area contributed by atoms with Gasteiger partial charge in [-0.25, -0.2) is 13.1 Å². The highest BCUT2D eigenvalue weighted by Crippen LogP contribution is 2.25. The van der Waals surface area contributed by atoms with E-state index in [-0.39, 0.29) is 10.8 Å². The van der Waals surface area contributed by atoms with Gasteiger partial charge in [0.25, 0.3) is 0 Å². The number of guanidine groups is 1. The maximum absolute atomic E-state index is 12.1. The third kappa shape index (κ3) is 6.66. The summed E-state index contributed by atoms with van der Waals surface area (Å²) >= 11 is 6.82. The molecule has 0 fully saturated rings. The fraction of sp³-hybridized carbons (Fsp3) is 0.389. The van der Waals surface area contributed by atoms with E-state index in [0.29, 0.717) is 23.4 Å². The Hall–Kier alpha value is -1.81. The number of thiophene rings is 1. The van der Waals surface area contributed by atoms with Crippen LogP contribution in [-0.2, 0) is 16.4 Å². The Morgan fingerprint density at radius 2 is 1.93 bits per heavy atom. The topological polar surface area (TPSA) is 91.8 Å². The van der Waals surface area contributed by atoms with Crippen LogP contribution in [0.2, 0.25) is 4.34 Å². The highest BCUT2D eigenvalue weighted by Gasteiger charge is 2.15. The first-order chi connectivity index (χ1) is 13.4. The molecule has 0 aliphatic rings. The molecule has 1 aromatic carbocycles. The van der Waals surface area contributed by atoms with Gasteiger partial charge in [0.1, 0.15) is 9.96 Å². The second kappa shape index (κ2) is 10.7. The van der Waals surface area contributed by atoms with Crippen molar-refractivity contribution in [3.05, 3.63) is 45.8 Å². The van der Waals surface area contributed by atoms with Gasteiger partial charge in [-0.1, -0.05) is 29.3 Å². The van der Waals surface area contributed by atoms with Crippen LogP contribution in [0.5, 0.6) is 5.75 Å². The Kier molecular flexibility index (Phi) is 8.56. The normalized spacial score (nSPS) is 12.1. The summed E-state index contributed by atoms with van der Waals surface area (Å²) in [6.07, 6.45) is 0.775. The summed E-state index contributed by atoms with van der Waals surface area (Å²) in [5.74, 6) is 1.46. The Labute approximate surface area is 175 Å². The molecule has 0 unspecified atom stereocenters. The minimum atomic E-state index is -3.54. The van der Waals surface area contributed by atoms with Gasteiger partial charge in [0, 0.05) is 26.7 Å². The number of hydrogen-bond acceptors (Lipinski definition) is 5. The van der Waals surface area contributed by atoms with Crippen molar-refractivity contribution >= 4 is 38.9 Å². The summed E-state index contributed by atoms with van der Waals surface area (Å²) in [7, 11) is -0.212. The standard InChI is InChI=1S/C18H25ClN4O3S2/c1-13-4-5-15(26-3)14(12-13)8-9-21-18(20-2)22-10-11-23-28(24,25)17-7-6-16(19)27-17/h4-7,12,23H,8-11H2,1-3H3,(H2,20,21,22). The zero-order valence-electron chi connectivity index (χ0n) is 16.1. The van der Waals surface area contributed by atoms with E-state index in [1.165, 1.54) is 11.6 Å². The number of sulfonamides is 1. The first kappa shape index (κ1) is 22.5. The van der Waals surface area contributed by atoms with E-state index < -0.39 is 10.0 Å². The van der Waals surface area contributed by atoms with Crippen molar-refractivity contribution in [3.63, 3.8) is 0 Å². The van der Waals surface area contributed by atoms with Crippen LogP contribution in [0, 0.1) is 6.92 Å². The Bertz CT molecular complexity index is 913. The van der Waals surface area contributed by atoms with Gasteiger partial charge in [0.15, 0.2) is 5.96 Å². The molecule has 0 atom stereocenters. The number of aliphatic imine (C=N–C) groups is 1. The lowest BCUT2D eigenvalue weighted by Crippen LogP contribution is -2.42. The third-order valence-electron chi connectivity index (χ3n) is 3.87. The molecule has 0 amide bonds. The molecule has 2 rings (SSSR count). The summed E-state index contributed by atoms with van der Waals surface area (Å²) in [6, 6.07) is 9.13. The molecule has 0 saturated heterocycles. The zero-order valence-corrected chi connectivity index (χ0v) is 18.5. The Morgan fingerprint density at radius 3 is 2.57 bits per heavy atom. The molecule has 0 aliphatic heterocycles. The molecule has 7 nitrogen and oxygen atoms in total. The maximum atomic E-state index is 12.1. The van der Waals surface area contributed by atoms with Gasteiger partial charge in [0.2, 0.25) is 10.0 Å². The summed E-state index contributed by atoms with van der Waals surface area (Å²) in [6.45, 7) is 3.33. The fourth-order valence-corrected chi connectivity index (χ4v) is 5.08. The van der Waals surface area contributed by atoms with Crippen molar-refractivity contribution in [2.45, 2.75) is 17.6 Å². The first-order valence-electron chi connectivity index (χ1n) is 8.68. The van der Waals surface area contributed by atoms with Crippen molar-refractivity contribution in [2.75, 3.05) is 33.8 Å². The molecule has 0 radical (unpaired) electrons. The molecule has 1 heterocycles. The van der Waals surface area contributed by atoms with E-state index in [2.05, 4.69) is 26.4 Å². The lowest BCUT2D eigenvalue weighted by atomic mass is 10.1. The number of rotatable bonds is 9. The van der Waals surface area contributed by atoms with Gasteiger partial charge >= 0.3 is 0 Å². The van der Waals surface area contributed by atoms with Gasteiger partial charge in [-0.05, 0) is 37.1 Å². The van der Waals surface area contributed by atoms with E-state index in [1.54, 1.807) is 20.2 Å². The molecule has 0 aliphatic carbocycles. The molecule has 0 saturated carbocycles. The second-order valence-corrected chi connectivity index (χ2v) is 9.66. The molecule has 10 heteroatoms. The second-order valence-electron chi connectivity index (χ2n) is 5.95. The molecule has 0 spiro atoms. The van der Waals surface area contributed by atoms with Crippen molar-refractivity contribution < 1.29 is 13.2 Å². The van der Waals surface area contributed by atoms with Gasteiger partial charge in [-0.15, -0.1) is 11.3 Å². The lowest BCUT2D eigenvalue weighted by Gasteiger charge is -2.14. The average Bonchev–Trinajstić information content (AvgIpc) is 3.11. The van der Waals surface area contributed by atoms with E-state index in [9.17, 15) is 8.42 Å². The van der Waals surface area contributed by atoms with E-state index >= 15 is 0 Å². The van der Waals surface area contributed by atoms with Gasteiger partial charge in [-0.3, -0.25) is 4.99 Å². The van der Waals surface area contributed by atoms with Crippen molar-refractivity contribution in [1.82, 2.24) is 15.4 Å². The van der Waals surface area contributed by atoms with Crippen LogP contribution in [-0.4, -0.2) is 48.2 Å². The van der Waals surface area contributed by atoms with Crippen LogP contribution < -0.4 is 20.1 Å². The number of methoxy groups -OCH3 is 1.